The van der Waals surface area contributed by atoms with Gasteiger partial charge in [0.2, 0.25) is 5.91 Å². The minimum absolute atomic E-state index is 0.212. The van der Waals surface area contributed by atoms with Crippen molar-refractivity contribution >= 4 is 17.7 Å². The van der Waals surface area contributed by atoms with E-state index >= 15 is 0 Å². The van der Waals surface area contributed by atoms with E-state index < -0.39 is 0 Å². The van der Waals surface area contributed by atoms with Crippen molar-refractivity contribution in [1.29, 1.82) is 0 Å². The molecule has 0 radical (unpaired) electrons. The number of rotatable bonds is 4. The van der Waals surface area contributed by atoms with Crippen molar-refractivity contribution < 1.29 is 4.79 Å². The maximum absolute atomic E-state index is 12.0. The number of carbonyl (C=O) groups excluding carboxylic acids is 1. The zero-order valence-electron chi connectivity index (χ0n) is 9.87. The van der Waals surface area contributed by atoms with E-state index in [2.05, 4.69) is 24.1 Å². The molecule has 0 fully saturated rings. The van der Waals surface area contributed by atoms with Crippen LogP contribution in [-0.4, -0.2) is 34.1 Å². The first-order chi connectivity index (χ1) is 8.31. The van der Waals surface area contributed by atoms with Gasteiger partial charge in [-0.15, -0.1) is 11.8 Å². The van der Waals surface area contributed by atoms with Gasteiger partial charge in [-0.25, -0.2) is 0 Å². The number of hydrogen-bond donors (Lipinski definition) is 0. The Morgan fingerprint density at radius 1 is 1.53 bits per heavy atom. The Balaban J connectivity index is 1.86. The summed E-state index contributed by atoms with van der Waals surface area (Å²) in [6.07, 6.45) is 8.68. The van der Waals surface area contributed by atoms with Crippen molar-refractivity contribution in [3.8, 4) is 0 Å². The molecule has 0 aliphatic carbocycles. The summed E-state index contributed by atoms with van der Waals surface area (Å²) in [5, 5.41) is 0. The van der Waals surface area contributed by atoms with Gasteiger partial charge in [0.15, 0.2) is 0 Å². The van der Waals surface area contributed by atoms with E-state index in [9.17, 15) is 4.79 Å². The molecule has 0 N–H and O–H groups in total. The molecule has 1 atom stereocenters. The molecule has 0 saturated carbocycles. The van der Waals surface area contributed by atoms with Crippen LogP contribution in [0.25, 0.3) is 0 Å². The fourth-order valence-electron chi connectivity index (χ4n) is 1.88. The van der Waals surface area contributed by atoms with Gasteiger partial charge in [0, 0.05) is 23.8 Å². The Hall–Kier alpha value is -1.29. The second-order valence-corrected chi connectivity index (χ2v) is 4.97. The lowest BCUT2D eigenvalue weighted by molar-refractivity contribution is -0.128. The molecule has 4 heteroatoms. The lowest BCUT2D eigenvalue weighted by atomic mass is 10.2. The summed E-state index contributed by atoms with van der Waals surface area (Å²) in [5.41, 5.74) is 0. The Bertz CT molecular complexity index is 405. The first-order valence-corrected chi connectivity index (χ1v) is 6.78. The van der Waals surface area contributed by atoms with E-state index in [1.807, 2.05) is 17.0 Å². The second-order valence-electron chi connectivity index (χ2n) is 3.92. The summed E-state index contributed by atoms with van der Waals surface area (Å²) in [4.78, 5) is 19.0. The molecular weight excluding hydrogens is 232 g/mol. The van der Waals surface area contributed by atoms with E-state index in [1.54, 1.807) is 24.2 Å². The number of carbonyl (C=O) groups is 1. The van der Waals surface area contributed by atoms with Crippen LogP contribution in [-0.2, 0) is 4.79 Å². The van der Waals surface area contributed by atoms with Crippen molar-refractivity contribution in [2.45, 2.75) is 24.3 Å². The Kier molecular flexibility index (Phi) is 4.20. The van der Waals surface area contributed by atoms with Gasteiger partial charge in [-0.05, 0) is 18.6 Å². The van der Waals surface area contributed by atoms with Crippen LogP contribution < -0.4 is 0 Å². The summed E-state index contributed by atoms with van der Waals surface area (Å²) in [5.74, 6) is 0.714. The Labute approximate surface area is 106 Å². The molecule has 2 heterocycles. The molecule has 0 bridgehead atoms. The smallest absolute Gasteiger partial charge is 0.233 e. The standard InChI is InChI=1S/C13H16N2OS/c1-2-11-4-3-9-15(11)13(16)10-17-12-5-7-14-8-6-12/h3-8,11H,2,9-10H2,1H3. The molecule has 2 rings (SSSR count). The van der Waals surface area contributed by atoms with Crippen molar-refractivity contribution in [3.05, 3.63) is 36.7 Å². The van der Waals surface area contributed by atoms with Crippen LogP contribution in [0.2, 0.25) is 0 Å². The average Bonchev–Trinajstić information content (AvgIpc) is 2.85. The van der Waals surface area contributed by atoms with Crippen molar-refractivity contribution in [3.63, 3.8) is 0 Å². The summed E-state index contributed by atoms with van der Waals surface area (Å²) in [7, 11) is 0. The summed E-state index contributed by atoms with van der Waals surface area (Å²) in [6, 6.07) is 4.15. The van der Waals surface area contributed by atoms with Gasteiger partial charge in [0.05, 0.1) is 11.8 Å². The topological polar surface area (TPSA) is 33.2 Å². The Morgan fingerprint density at radius 2 is 2.29 bits per heavy atom. The molecule has 0 aromatic carbocycles. The highest BCUT2D eigenvalue weighted by Crippen LogP contribution is 2.19. The lowest BCUT2D eigenvalue weighted by Gasteiger charge is -2.23. The first-order valence-electron chi connectivity index (χ1n) is 5.80. The zero-order valence-corrected chi connectivity index (χ0v) is 10.7. The molecule has 1 amide bonds. The van der Waals surface area contributed by atoms with Crippen LogP contribution in [0.5, 0.6) is 0 Å². The molecule has 90 valence electrons. The highest BCUT2D eigenvalue weighted by molar-refractivity contribution is 8.00. The van der Waals surface area contributed by atoms with Gasteiger partial charge < -0.3 is 4.90 Å². The van der Waals surface area contributed by atoms with Gasteiger partial charge in [-0.3, -0.25) is 9.78 Å². The monoisotopic (exact) mass is 248 g/mol. The van der Waals surface area contributed by atoms with E-state index in [0.717, 1.165) is 17.9 Å². The summed E-state index contributed by atoms with van der Waals surface area (Å²) in [6.45, 7) is 2.87. The van der Waals surface area contributed by atoms with Crippen LogP contribution in [0.3, 0.4) is 0 Å². The largest absolute Gasteiger partial charge is 0.332 e. The maximum atomic E-state index is 12.0. The molecular formula is C13H16N2OS. The third-order valence-electron chi connectivity index (χ3n) is 2.81. The molecule has 1 aliphatic rings. The molecule has 1 aromatic heterocycles. The van der Waals surface area contributed by atoms with Crippen molar-refractivity contribution in [2.24, 2.45) is 0 Å². The van der Waals surface area contributed by atoms with Crippen LogP contribution in [0.15, 0.2) is 41.6 Å². The van der Waals surface area contributed by atoms with E-state index in [1.165, 1.54) is 0 Å². The molecule has 1 unspecified atom stereocenters. The van der Waals surface area contributed by atoms with Gasteiger partial charge in [-0.1, -0.05) is 19.1 Å². The number of aromatic nitrogens is 1. The number of pyridine rings is 1. The minimum Gasteiger partial charge on any atom is -0.332 e. The molecule has 3 nitrogen and oxygen atoms in total. The van der Waals surface area contributed by atoms with Crippen LogP contribution >= 0.6 is 11.8 Å². The SMILES string of the molecule is CCC1C=CCN1C(=O)CSc1ccncc1. The Morgan fingerprint density at radius 3 is 3.00 bits per heavy atom. The van der Waals surface area contributed by atoms with Crippen LogP contribution in [0, 0.1) is 0 Å². The third-order valence-corrected chi connectivity index (χ3v) is 3.81. The van der Waals surface area contributed by atoms with Gasteiger partial charge >= 0.3 is 0 Å². The summed E-state index contributed by atoms with van der Waals surface area (Å²) < 4.78 is 0. The van der Waals surface area contributed by atoms with Crippen LogP contribution in [0.4, 0.5) is 0 Å². The fraction of sp³-hybridized carbons (Fsp3) is 0.385. The van der Waals surface area contributed by atoms with Gasteiger partial charge in [0.25, 0.3) is 0 Å². The van der Waals surface area contributed by atoms with E-state index in [0.29, 0.717) is 11.8 Å². The molecule has 0 saturated heterocycles. The van der Waals surface area contributed by atoms with Gasteiger partial charge in [-0.2, -0.15) is 0 Å². The third kappa shape index (κ3) is 3.09. The molecule has 0 spiro atoms. The predicted octanol–water partition coefficient (Wildman–Crippen LogP) is 2.35. The van der Waals surface area contributed by atoms with E-state index in [-0.39, 0.29) is 5.91 Å². The lowest BCUT2D eigenvalue weighted by Crippen LogP contribution is -2.36. The minimum atomic E-state index is 0.212. The van der Waals surface area contributed by atoms with Crippen molar-refractivity contribution in [1.82, 2.24) is 9.88 Å². The normalized spacial score (nSPS) is 18.6. The number of hydrogen-bond acceptors (Lipinski definition) is 3. The second kappa shape index (κ2) is 5.87. The average molecular weight is 248 g/mol. The number of nitrogens with zero attached hydrogens (tertiary/aromatic N) is 2. The highest BCUT2D eigenvalue weighted by Gasteiger charge is 2.22. The van der Waals surface area contributed by atoms with Crippen molar-refractivity contribution in [2.75, 3.05) is 12.3 Å². The zero-order chi connectivity index (χ0) is 12.1. The molecule has 1 aromatic rings. The molecule has 17 heavy (non-hydrogen) atoms. The first kappa shape index (κ1) is 12.2. The number of amides is 1. The predicted molar refractivity (Wildman–Crippen MR) is 69.9 cm³/mol. The van der Waals surface area contributed by atoms with E-state index in [4.69, 9.17) is 0 Å². The quantitative estimate of drug-likeness (QED) is 0.606. The summed E-state index contributed by atoms with van der Waals surface area (Å²) >= 11 is 1.57. The molecule has 1 aliphatic heterocycles. The highest BCUT2D eigenvalue weighted by atomic mass is 32.2. The maximum Gasteiger partial charge on any atom is 0.233 e. The van der Waals surface area contributed by atoms with Gasteiger partial charge in [0.1, 0.15) is 0 Å². The number of thioether (sulfide) groups is 1. The van der Waals surface area contributed by atoms with Crippen LogP contribution in [0.1, 0.15) is 13.3 Å². The fourth-order valence-corrected chi connectivity index (χ4v) is 2.65.